The third kappa shape index (κ3) is 4.82. The van der Waals surface area contributed by atoms with Gasteiger partial charge in [-0.25, -0.2) is 4.98 Å². The first-order chi connectivity index (χ1) is 16.1. The largest absolute Gasteiger partial charge is 0.378 e. The van der Waals surface area contributed by atoms with E-state index < -0.39 is 0 Å². The summed E-state index contributed by atoms with van der Waals surface area (Å²) in [6, 6.07) is 8.40. The van der Waals surface area contributed by atoms with E-state index >= 15 is 0 Å². The number of H-pyrrole nitrogens is 1. The zero-order chi connectivity index (χ0) is 22.8. The summed E-state index contributed by atoms with van der Waals surface area (Å²) in [6.07, 6.45) is 5.09. The first-order valence-corrected chi connectivity index (χ1v) is 12.6. The normalized spacial score (nSPS) is 16.1. The van der Waals surface area contributed by atoms with Crippen molar-refractivity contribution < 1.29 is 9.53 Å². The van der Waals surface area contributed by atoms with Crippen molar-refractivity contribution in [1.82, 2.24) is 14.9 Å². The summed E-state index contributed by atoms with van der Waals surface area (Å²) in [5, 5.41) is 0.766. The Morgan fingerprint density at radius 1 is 1.18 bits per heavy atom. The number of hydrogen-bond acceptors (Lipinski definition) is 6. The van der Waals surface area contributed by atoms with Gasteiger partial charge in [-0.3, -0.25) is 9.59 Å². The fourth-order valence-electron chi connectivity index (χ4n) is 4.74. The predicted molar refractivity (Wildman–Crippen MR) is 131 cm³/mol. The van der Waals surface area contributed by atoms with Crippen LogP contribution in [0.2, 0.25) is 0 Å². The Hall–Kier alpha value is -2.71. The molecule has 1 saturated heterocycles. The molecule has 1 amide bonds. The minimum absolute atomic E-state index is 0.0421. The van der Waals surface area contributed by atoms with Gasteiger partial charge in [0.05, 0.1) is 18.6 Å². The minimum atomic E-state index is -0.0597. The number of aromatic amines is 1. The number of fused-ring (bicyclic) bond motifs is 3. The highest BCUT2D eigenvalue weighted by atomic mass is 32.1. The summed E-state index contributed by atoms with van der Waals surface area (Å²) in [5.74, 6) is 0.642. The zero-order valence-corrected chi connectivity index (χ0v) is 19.9. The van der Waals surface area contributed by atoms with Crippen LogP contribution in [-0.2, 0) is 35.3 Å². The molecule has 1 fully saturated rings. The highest BCUT2D eigenvalue weighted by Gasteiger charge is 2.20. The van der Waals surface area contributed by atoms with Crippen molar-refractivity contribution in [2.45, 2.75) is 45.1 Å². The molecule has 7 nitrogen and oxygen atoms in total. The molecule has 3 aromatic rings. The maximum atomic E-state index is 12.7. The van der Waals surface area contributed by atoms with Crippen LogP contribution in [0.25, 0.3) is 10.2 Å². The summed E-state index contributed by atoms with van der Waals surface area (Å²) in [7, 11) is 1.82. The molecule has 174 valence electrons. The number of aryl methyl sites for hydroxylation is 3. The molecule has 2 aromatic heterocycles. The molecular weight excluding hydrogens is 436 g/mol. The van der Waals surface area contributed by atoms with Gasteiger partial charge in [0.1, 0.15) is 10.7 Å². The summed E-state index contributed by atoms with van der Waals surface area (Å²) in [4.78, 5) is 39.2. The Morgan fingerprint density at radius 2 is 1.94 bits per heavy atom. The zero-order valence-electron chi connectivity index (χ0n) is 19.1. The summed E-state index contributed by atoms with van der Waals surface area (Å²) in [6.45, 7) is 3.91. The van der Waals surface area contributed by atoms with Crippen molar-refractivity contribution >= 4 is 33.1 Å². The van der Waals surface area contributed by atoms with Gasteiger partial charge in [0.25, 0.3) is 5.56 Å². The number of nitrogens with zero attached hydrogens (tertiary/aromatic N) is 3. The van der Waals surface area contributed by atoms with E-state index in [0.29, 0.717) is 25.2 Å². The average Bonchev–Trinajstić information content (AvgIpc) is 3.22. The van der Waals surface area contributed by atoms with Gasteiger partial charge in [-0.2, -0.15) is 0 Å². The fourth-order valence-corrected chi connectivity index (χ4v) is 6.02. The van der Waals surface area contributed by atoms with Gasteiger partial charge in [-0.1, -0.05) is 12.1 Å². The Morgan fingerprint density at radius 3 is 2.73 bits per heavy atom. The van der Waals surface area contributed by atoms with Crippen LogP contribution < -0.4 is 10.5 Å². The van der Waals surface area contributed by atoms with Gasteiger partial charge in [0.15, 0.2) is 0 Å². The standard InChI is InChI=1S/C25H30N4O3S/c1-28(16-17-6-8-18(9-7-17)29-12-14-32-15-13-29)22(30)11-10-21-26-24(31)23-19-4-2-3-5-20(19)33-25(23)27-21/h6-9H,2-5,10-16H2,1H3,(H,26,27,31). The van der Waals surface area contributed by atoms with Crippen molar-refractivity contribution in [3.05, 3.63) is 56.4 Å². The fraction of sp³-hybridized carbons (Fsp3) is 0.480. The lowest BCUT2D eigenvalue weighted by Crippen LogP contribution is -2.36. The molecule has 1 N–H and O–H groups in total. The molecule has 0 radical (unpaired) electrons. The molecular formula is C25H30N4O3S. The minimum Gasteiger partial charge on any atom is -0.378 e. The summed E-state index contributed by atoms with van der Waals surface area (Å²) < 4.78 is 5.42. The number of anilines is 1. The summed E-state index contributed by atoms with van der Waals surface area (Å²) in [5.41, 5.74) is 3.42. The van der Waals surface area contributed by atoms with Gasteiger partial charge < -0.3 is 19.5 Å². The number of morpholine rings is 1. The maximum Gasteiger partial charge on any atom is 0.259 e. The van der Waals surface area contributed by atoms with Crippen LogP contribution in [0.5, 0.6) is 0 Å². The molecule has 1 aromatic carbocycles. The number of rotatable bonds is 6. The molecule has 0 atom stereocenters. The number of carbonyl (C=O) groups is 1. The maximum absolute atomic E-state index is 12.7. The smallest absolute Gasteiger partial charge is 0.259 e. The van der Waals surface area contributed by atoms with Crippen molar-refractivity contribution in [3.8, 4) is 0 Å². The second kappa shape index (κ2) is 9.65. The van der Waals surface area contributed by atoms with Gasteiger partial charge in [-0.15, -0.1) is 11.3 Å². The van der Waals surface area contributed by atoms with E-state index in [1.165, 1.54) is 22.5 Å². The third-order valence-corrected chi connectivity index (χ3v) is 7.79. The van der Waals surface area contributed by atoms with Crippen LogP contribution in [0.1, 0.15) is 41.1 Å². The Kier molecular flexibility index (Phi) is 6.46. The Balaban J connectivity index is 1.19. The topological polar surface area (TPSA) is 78.5 Å². The molecule has 8 heteroatoms. The van der Waals surface area contributed by atoms with Crippen LogP contribution in [0.15, 0.2) is 29.1 Å². The number of ether oxygens (including phenoxy) is 1. The molecule has 1 aliphatic heterocycles. The van der Waals surface area contributed by atoms with Crippen molar-refractivity contribution in [1.29, 1.82) is 0 Å². The molecule has 2 aliphatic rings. The van der Waals surface area contributed by atoms with E-state index in [2.05, 4.69) is 39.1 Å². The van der Waals surface area contributed by atoms with Gasteiger partial charge in [0.2, 0.25) is 5.91 Å². The number of amides is 1. The van der Waals surface area contributed by atoms with E-state index in [1.54, 1.807) is 16.2 Å². The Bertz CT molecular complexity index is 1190. The number of thiophene rings is 1. The molecule has 5 rings (SSSR count). The van der Waals surface area contributed by atoms with Crippen LogP contribution in [-0.4, -0.2) is 54.1 Å². The molecule has 0 bridgehead atoms. The van der Waals surface area contributed by atoms with Crippen molar-refractivity contribution in [2.24, 2.45) is 0 Å². The van der Waals surface area contributed by atoms with E-state index in [9.17, 15) is 9.59 Å². The first kappa shape index (κ1) is 22.1. The second-order valence-corrected chi connectivity index (χ2v) is 10.0. The Labute approximate surface area is 197 Å². The number of aromatic nitrogens is 2. The quantitative estimate of drug-likeness (QED) is 0.603. The van der Waals surface area contributed by atoms with Crippen LogP contribution >= 0.6 is 11.3 Å². The molecule has 0 unspecified atom stereocenters. The first-order valence-electron chi connectivity index (χ1n) is 11.8. The summed E-state index contributed by atoms with van der Waals surface area (Å²) >= 11 is 1.64. The number of carbonyl (C=O) groups excluding carboxylic acids is 1. The van der Waals surface area contributed by atoms with Crippen LogP contribution in [0.4, 0.5) is 5.69 Å². The average molecular weight is 467 g/mol. The monoisotopic (exact) mass is 466 g/mol. The second-order valence-electron chi connectivity index (χ2n) is 8.92. The van der Waals surface area contributed by atoms with Gasteiger partial charge in [0, 0.05) is 50.1 Å². The molecule has 3 heterocycles. The number of nitrogens with one attached hydrogen (secondary N) is 1. The third-order valence-electron chi connectivity index (χ3n) is 6.61. The number of benzene rings is 1. The molecule has 1 aliphatic carbocycles. The number of hydrogen-bond donors (Lipinski definition) is 1. The van der Waals surface area contributed by atoms with Crippen LogP contribution in [0, 0.1) is 0 Å². The van der Waals surface area contributed by atoms with Crippen LogP contribution in [0.3, 0.4) is 0 Å². The SMILES string of the molecule is CN(Cc1ccc(N2CCOCC2)cc1)C(=O)CCc1nc2sc3c(c2c(=O)[nH]1)CCCC3. The van der Waals surface area contributed by atoms with Gasteiger partial charge >= 0.3 is 0 Å². The lowest BCUT2D eigenvalue weighted by Gasteiger charge is -2.29. The molecule has 0 saturated carbocycles. The van der Waals surface area contributed by atoms with E-state index in [4.69, 9.17) is 4.74 Å². The predicted octanol–water partition coefficient (Wildman–Crippen LogP) is 3.29. The van der Waals surface area contributed by atoms with E-state index in [1.807, 2.05) is 7.05 Å². The van der Waals surface area contributed by atoms with Gasteiger partial charge in [-0.05, 0) is 48.9 Å². The van der Waals surface area contributed by atoms with Crippen molar-refractivity contribution in [2.75, 3.05) is 38.3 Å². The van der Waals surface area contributed by atoms with E-state index in [0.717, 1.165) is 61.3 Å². The lowest BCUT2D eigenvalue weighted by molar-refractivity contribution is -0.130. The molecule has 33 heavy (non-hydrogen) atoms. The van der Waals surface area contributed by atoms with E-state index in [-0.39, 0.29) is 11.5 Å². The highest BCUT2D eigenvalue weighted by molar-refractivity contribution is 7.18. The molecule has 0 spiro atoms. The lowest BCUT2D eigenvalue weighted by atomic mass is 9.97. The highest BCUT2D eigenvalue weighted by Crippen LogP contribution is 2.33. The van der Waals surface area contributed by atoms with Crippen molar-refractivity contribution in [3.63, 3.8) is 0 Å².